The van der Waals surface area contributed by atoms with E-state index in [2.05, 4.69) is 0 Å². The summed E-state index contributed by atoms with van der Waals surface area (Å²) in [7, 11) is 3.17. The van der Waals surface area contributed by atoms with Crippen molar-refractivity contribution in [1.82, 2.24) is 4.90 Å². The number of carboxylic acid groups (broad SMARTS) is 1. The molecule has 2 saturated carbocycles. The molecule has 2 aliphatic carbocycles. The zero-order chi connectivity index (χ0) is 11.9. The van der Waals surface area contributed by atoms with E-state index in [0.717, 1.165) is 12.8 Å². The van der Waals surface area contributed by atoms with Gasteiger partial charge in [0.25, 0.3) is 0 Å². The molecule has 0 bridgehead atoms. The van der Waals surface area contributed by atoms with E-state index in [1.165, 1.54) is 4.90 Å². The lowest BCUT2D eigenvalue weighted by Crippen LogP contribution is -2.65. The molecule has 16 heavy (non-hydrogen) atoms. The molecular formula is C11H17NO4. The van der Waals surface area contributed by atoms with E-state index in [1.807, 2.05) is 0 Å². The first-order valence-corrected chi connectivity index (χ1v) is 5.55. The molecule has 0 unspecified atom stereocenters. The fraction of sp³-hybridized carbons (Fsp3) is 0.818. The Balaban J connectivity index is 2.08. The van der Waals surface area contributed by atoms with Gasteiger partial charge < -0.3 is 14.7 Å². The maximum atomic E-state index is 11.9. The van der Waals surface area contributed by atoms with Crippen LogP contribution in [-0.2, 0) is 14.3 Å². The number of carbonyl (C=O) groups excluding carboxylic acids is 1. The van der Waals surface area contributed by atoms with Crippen LogP contribution in [0.15, 0.2) is 0 Å². The Labute approximate surface area is 94.4 Å². The van der Waals surface area contributed by atoms with Crippen molar-refractivity contribution >= 4 is 11.9 Å². The molecule has 1 N–H and O–H groups in total. The monoisotopic (exact) mass is 227 g/mol. The lowest BCUT2D eigenvalue weighted by Gasteiger charge is -2.49. The second-order valence-corrected chi connectivity index (χ2v) is 4.77. The van der Waals surface area contributed by atoms with E-state index in [4.69, 9.17) is 4.74 Å². The molecule has 90 valence electrons. The van der Waals surface area contributed by atoms with Gasteiger partial charge >= 0.3 is 5.97 Å². The molecule has 2 fully saturated rings. The zero-order valence-corrected chi connectivity index (χ0v) is 9.60. The van der Waals surface area contributed by atoms with Gasteiger partial charge in [0, 0.05) is 32.9 Å². The summed E-state index contributed by atoms with van der Waals surface area (Å²) in [5.41, 5.74) is -1.03. The lowest BCUT2D eigenvalue weighted by atomic mass is 9.72. The summed E-state index contributed by atoms with van der Waals surface area (Å²) < 4.78 is 5.10. The van der Waals surface area contributed by atoms with Crippen LogP contribution in [0.5, 0.6) is 0 Å². The van der Waals surface area contributed by atoms with Crippen LogP contribution in [0.4, 0.5) is 0 Å². The van der Waals surface area contributed by atoms with Crippen LogP contribution in [-0.4, -0.2) is 47.7 Å². The van der Waals surface area contributed by atoms with E-state index in [1.54, 1.807) is 14.2 Å². The Morgan fingerprint density at radius 1 is 1.38 bits per heavy atom. The Morgan fingerprint density at radius 2 is 1.94 bits per heavy atom. The van der Waals surface area contributed by atoms with Crippen LogP contribution < -0.4 is 0 Å². The van der Waals surface area contributed by atoms with Crippen LogP contribution >= 0.6 is 0 Å². The Morgan fingerprint density at radius 3 is 2.31 bits per heavy atom. The van der Waals surface area contributed by atoms with E-state index in [0.29, 0.717) is 12.8 Å². The van der Waals surface area contributed by atoms with Crippen molar-refractivity contribution < 1.29 is 19.4 Å². The average Bonchev–Trinajstić information content (AvgIpc) is 2.98. The molecule has 5 heteroatoms. The van der Waals surface area contributed by atoms with Gasteiger partial charge in [0.05, 0.1) is 6.10 Å². The minimum atomic E-state index is -1.03. The minimum absolute atomic E-state index is 0.0306. The smallest absolute Gasteiger partial charge is 0.329 e. The number of hydrogen-bond acceptors (Lipinski definition) is 3. The van der Waals surface area contributed by atoms with Crippen molar-refractivity contribution in [3.8, 4) is 0 Å². The van der Waals surface area contributed by atoms with Crippen LogP contribution in [0.25, 0.3) is 0 Å². The highest BCUT2D eigenvalue weighted by molar-refractivity contribution is 5.90. The third-order valence-corrected chi connectivity index (χ3v) is 3.76. The van der Waals surface area contributed by atoms with E-state index in [-0.39, 0.29) is 17.9 Å². The van der Waals surface area contributed by atoms with Gasteiger partial charge in [-0.2, -0.15) is 0 Å². The van der Waals surface area contributed by atoms with Crippen LogP contribution in [0.2, 0.25) is 0 Å². The quantitative estimate of drug-likeness (QED) is 0.759. The van der Waals surface area contributed by atoms with Crippen molar-refractivity contribution in [1.29, 1.82) is 0 Å². The number of carboxylic acids is 1. The molecule has 0 aromatic rings. The maximum absolute atomic E-state index is 11.9. The number of nitrogens with zero attached hydrogens (tertiary/aromatic N) is 1. The second kappa shape index (κ2) is 3.73. The number of ether oxygens (including phenoxy) is 1. The molecule has 2 rings (SSSR count). The second-order valence-electron chi connectivity index (χ2n) is 4.77. The minimum Gasteiger partial charge on any atom is -0.479 e. The summed E-state index contributed by atoms with van der Waals surface area (Å²) in [5, 5.41) is 9.27. The number of likely N-dealkylation sites (N-methyl/N-ethyl adjacent to an activating group) is 1. The first-order valence-electron chi connectivity index (χ1n) is 5.55. The fourth-order valence-corrected chi connectivity index (χ4v) is 2.27. The number of aliphatic carboxylic acids is 1. The molecule has 0 heterocycles. The van der Waals surface area contributed by atoms with Gasteiger partial charge in [-0.25, -0.2) is 4.79 Å². The summed E-state index contributed by atoms with van der Waals surface area (Å²) >= 11 is 0. The summed E-state index contributed by atoms with van der Waals surface area (Å²) in [6.45, 7) is 0. The molecule has 0 aromatic heterocycles. The zero-order valence-electron chi connectivity index (χ0n) is 9.60. The van der Waals surface area contributed by atoms with Crippen molar-refractivity contribution in [3.63, 3.8) is 0 Å². The van der Waals surface area contributed by atoms with E-state index in [9.17, 15) is 14.7 Å². The molecule has 2 aliphatic rings. The number of hydrogen-bond donors (Lipinski definition) is 1. The first kappa shape index (κ1) is 11.4. The van der Waals surface area contributed by atoms with E-state index >= 15 is 0 Å². The van der Waals surface area contributed by atoms with Gasteiger partial charge in [-0.1, -0.05) is 0 Å². The molecule has 0 spiro atoms. The fourth-order valence-electron chi connectivity index (χ4n) is 2.27. The van der Waals surface area contributed by atoms with Crippen molar-refractivity contribution in [2.24, 2.45) is 5.92 Å². The molecule has 0 aromatic carbocycles. The third-order valence-electron chi connectivity index (χ3n) is 3.76. The Kier molecular flexibility index (Phi) is 2.66. The van der Waals surface area contributed by atoms with Gasteiger partial charge in [0.15, 0.2) is 0 Å². The standard InChI is InChI=1S/C11H17NO4/c1-12(9(13)7-3-4-7)11(10(14)15)5-8(6-11)16-2/h7-8H,3-6H2,1-2H3,(H,14,15). The van der Waals surface area contributed by atoms with Crippen molar-refractivity contribution in [3.05, 3.63) is 0 Å². The molecule has 0 saturated heterocycles. The van der Waals surface area contributed by atoms with Crippen molar-refractivity contribution in [2.75, 3.05) is 14.2 Å². The summed E-state index contributed by atoms with van der Waals surface area (Å²) in [5.74, 6) is -0.892. The van der Waals surface area contributed by atoms with Gasteiger partial charge in [-0.15, -0.1) is 0 Å². The molecule has 0 radical (unpaired) electrons. The number of carbonyl (C=O) groups is 2. The summed E-state index contributed by atoms with van der Waals surface area (Å²) in [6.07, 6.45) is 2.55. The predicted octanol–water partition coefficient (Wildman–Crippen LogP) is 0.487. The van der Waals surface area contributed by atoms with Gasteiger partial charge in [0.1, 0.15) is 5.54 Å². The SMILES string of the molecule is COC1CC(C(=O)O)(N(C)C(=O)C2CC2)C1. The van der Waals surface area contributed by atoms with E-state index < -0.39 is 11.5 Å². The average molecular weight is 227 g/mol. The lowest BCUT2D eigenvalue weighted by molar-refractivity contribution is -0.175. The predicted molar refractivity (Wildman–Crippen MR) is 55.9 cm³/mol. The normalized spacial score (nSPS) is 33.0. The Hall–Kier alpha value is -1.10. The van der Waals surface area contributed by atoms with Crippen LogP contribution in [0.1, 0.15) is 25.7 Å². The van der Waals surface area contributed by atoms with Crippen molar-refractivity contribution in [2.45, 2.75) is 37.3 Å². The van der Waals surface area contributed by atoms with Gasteiger partial charge in [-0.3, -0.25) is 4.79 Å². The van der Waals surface area contributed by atoms with Crippen LogP contribution in [0, 0.1) is 5.92 Å². The molecule has 0 aliphatic heterocycles. The topological polar surface area (TPSA) is 66.8 Å². The highest BCUT2D eigenvalue weighted by Gasteiger charge is 2.56. The third kappa shape index (κ3) is 1.59. The van der Waals surface area contributed by atoms with Gasteiger partial charge in [0.2, 0.25) is 5.91 Å². The summed E-state index contributed by atoms with van der Waals surface area (Å²) in [4.78, 5) is 24.6. The molecular weight excluding hydrogens is 210 g/mol. The van der Waals surface area contributed by atoms with Gasteiger partial charge in [-0.05, 0) is 12.8 Å². The number of amides is 1. The highest BCUT2D eigenvalue weighted by atomic mass is 16.5. The molecule has 5 nitrogen and oxygen atoms in total. The Bertz CT molecular complexity index is 318. The highest BCUT2D eigenvalue weighted by Crippen LogP contribution is 2.42. The number of rotatable bonds is 4. The molecule has 1 amide bonds. The maximum Gasteiger partial charge on any atom is 0.329 e. The summed E-state index contributed by atoms with van der Waals surface area (Å²) in [6, 6.07) is 0. The number of methoxy groups -OCH3 is 1. The molecule has 0 atom stereocenters. The largest absolute Gasteiger partial charge is 0.479 e. The van der Waals surface area contributed by atoms with Crippen LogP contribution in [0.3, 0.4) is 0 Å². The first-order chi connectivity index (χ1) is 7.51.